The van der Waals surface area contributed by atoms with Gasteiger partial charge in [0.05, 0.1) is 12.5 Å². The number of thiazole rings is 1. The summed E-state index contributed by atoms with van der Waals surface area (Å²) in [4.78, 5) is 22.5. The molecule has 1 aromatic carbocycles. The van der Waals surface area contributed by atoms with Crippen LogP contribution in [-0.2, 0) is 11.2 Å². The van der Waals surface area contributed by atoms with E-state index in [0.717, 1.165) is 18.7 Å². The largest absolute Gasteiger partial charge is 0.339 e. The highest BCUT2D eigenvalue weighted by Crippen LogP contribution is 2.25. The van der Waals surface area contributed by atoms with Gasteiger partial charge in [-0.05, 0) is 5.56 Å². The molecule has 3 aromatic rings. The van der Waals surface area contributed by atoms with Crippen molar-refractivity contribution in [3.8, 4) is 0 Å². The lowest BCUT2D eigenvalue weighted by molar-refractivity contribution is -0.118. The van der Waals surface area contributed by atoms with Gasteiger partial charge in [-0.25, -0.2) is 4.98 Å². The number of nitrogens with zero attached hydrogens (tertiary/aromatic N) is 4. The molecule has 4 rings (SSSR count). The fourth-order valence-electron chi connectivity index (χ4n) is 2.79. The molecule has 1 fully saturated rings. The van der Waals surface area contributed by atoms with Crippen LogP contribution >= 0.6 is 11.3 Å². The van der Waals surface area contributed by atoms with Crippen LogP contribution in [0, 0.1) is 0 Å². The van der Waals surface area contributed by atoms with Crippen LogP contribution in [0.4, 0.5) is 5.13 Å². The van der Waals surface area contributed by atoms with Crippen molar-refractivity contribution >= 4 is 22.4 Å². The molecule has 0 unspecified atom stereocenters. The molecule has 0 atom stereocenters. The molecule has 8 heteroatoms. The molecule has 0 saturated carbocycles. The molecule has 7 nitrogen and oxygen atoms in total. The molecule has 25 heavy (non-hydrogen) atoms. The number of carbonyl (C=O) groups excluding carboxylic acids is 1. The molecule has 0 aliphatic carbocycles. The van der Waals surface area contributed by atoms with Crippen LogP contribution in [0.5, 0.6) is 0 Å². The summed E-state index contributed by atoms with van der Waals surface area (Å²) in [5, 5.41) is 9.30. The van der Waals surface area contributed by atoms with Gasteiger partial charge in [0, 0.05) is 31.1 Å². The molecule has 128 valence electrons. The van der Waals surface area contributed by atoms with Crippen LogP contribution in [0.25, 0.3) is 0 Å². The number of hydrogen-bond acceptors (Lipinski definition) is 7. The third kappa shape index (κ3) is 3.92. The smallest absolute Gasteiger partial charge is 0.240 e. The Morgan fingerprint density at radius 1 is 1.32 bits per heavy atom. The van der Waals surface area contributed by atoms with Gasteiger partial charge in [0.2, 0.25) is 11.8 Å². The Morgan fingerprint density at radius 3 is 2.92 bits per heavy atom. The van der Waals surface area contributed by atoms with Crippen LogP contribution in [-0.4, -0.2) is 45.6 Å². The molecule has 0 radical (unpaired) electrons. The van der Waals surface area contributed by atoms with Crippen molar-refractivity contribution in [2.45, 2.75) is 12.3 Å². The zero-order valence-corrected chi connectivity index (χ0v) is 14.3. The first-order valence-corrected chi connectivity index (χ1v) is 8.92. The average molecular weight is 355 g/mol. The Hall–Kier alpha value is -2.58. The van der Waals surface area contributed by atoms with Gasteiger partial charge in [-0.3, -0.25) is 9.69 Å². The normalized spacial score (nSPS) is 15.0. The highest BCUT2D eigenvalue weighted by molar-refractivity contribution is 7.13. The van der Waals surface area contributed by atoms with Crippen molar-refractivity contribution in [3.05, 3.63) is 59.2 Å². The van der Waals surface area contributed by atoms with E-state index in [1.54, 1.807) is 6.20 Å². The standard InChI is InChI=1S/C17H17N5O2S/c23-15(20-17-18-6-7-25-17)11-22-9-13(10-22)16-19-14(21-24-16)8-12-4-2-1-3-5-12/h1-7,13H,8-11H2,(H,18,20,23). The monoisotopic (exact) mass is 355 g/mol. The maximum Gasteiger partial charge on any atom is 0.240 e. The first kappa shape index (κ1) is 15.9. The second-order valence-electron chi connectivity index (χ2n) is 5.99. The van der Waals surface area contributed by atoms with Gasteiger partial charge in [0.25, 0.3) is 0 Å². The molecular weight excluding hydrogens is 338 g/mol. The second kappa shape index (κ2) is 7.12. The van der Waals surface area contributed by atoms with Crippen molar-refractivity contribution in [2.24, 2.45) is 0 Å². The van der Waals surface area contributed by atoms with Gasteiger partial charge in [-0.2, -0.15) is 4.98 Å². The minimum Gasteiger partial charge on any atom is -0.339 e. The molecule has 1 amide bonds. The predicted molar refractivity (Wildman–Crippen MR) is 93.5 cm³/mol. The fraction of sp³-hybridized carbons (Fsp3) is 0.294. The zero-order valence-electron chi connectivity index (χ0n) is 13.5. The molecule has 0 bridgehead atoms. The number of aromatic nitrogens is 3. The van der Waals surface area contributed by atoms with Crippen molar-refractivity contribution in [2.75, 3.05) is 25.0 Å². The van der Waals surface area contributed by atoms with E-state index in [1.165, 1.54) is 11.3 Å². The number of benzene rings is 1. The van der Waals surface area contributed by atoms with Gasteiger partial charge in [-0.1, -0.05) is 35.5 Å². The van der Waals surface area contributed by atoms with Gasteiger partial charge < -0.3 is 9.84 Å². The summed E-state index contributed by atoms with van der Waals surface area (Å²) < 4.78 is 5.38. The Bertz CT molecular complexity index is 828. The minimum absolute atomic E-state index is 0.0521. The molecule has 2 aromatic heterocycles. The van der Waals surface area contributed by atoms with Crippen LogP contribution in [0.1, 0.15) is 23.2 Å². The Balaban J connectivity index is 1.26. The second-order valence-corrected chi connectivity index (χ2v) is 6.88. The van der Waals surface area contributed by atoms with E-state index in [0.29, 0.717) is 29.8 Å². The topological polar surface area (TPSA) is 84.2 Å². The van der Waals surface area contributed by atoms with Crippen molar-refractivity contribution in [3.63, 3.8) is 0 Å². The van der Waals surface area contributed by atoms with E-state index in [4.69, 9.17) is 4.52 Å². The lowest BCUT2D eigenvalue weighted by atomic mass is 10.0. The molecule has 3 heterocycles. The highest BCUT2D eigenvalue weighted by atomic mass is 32.1. The third-order valence-electron chi connectivity index (χ3n) is 4.04. The lowest BCUT2D eigenvalue weighted by Gasteiger charge is -2.36. The maximum absolute atomic E-state index is 11.9. The summed E-state index contributed by atoms with van der Waals surface area (Å²) in [6.07, 6.45) is 2.33. The van der Waals surface area contributed by atoms with Crippen LogP contribution < -0.4 is 5.32 Å². The number of likely N-dealkylation sites (tertiary alicyclic amines) is 1. The summed E-state index contributed by atoms with van der Waals surface area (Å²) in [6, 6.07) is 10.1. The molecule has 1 saturated heterocycles. The molecular formula is C17H17N5O2S. The minimum atomic E-state index is -0.0521. The Morgan fingerprint density at radius 2 is 2.16 bits per heavy atom. The van der Waals surface area contributed by atoms with Crippen molar-refractivity contribution in [1.29, 1.82) is 0 Å². The number of amides is 1. The lowest BCUT2D eigenvalue weighted by Crippen LogP contribution is -2.48. The van der Waals surface area contributed by atoms with Gasteiger partial charge in [0.1, 0.15) is 0 Å². The van der Waals surface area contributed by atoms with Crippen molar-refractivity contribution < 1.29 is 9.32 Å². The first-order valence-electron chi connectivity index (χ1n) is 8.04. The number of hydrogen-bond donors (Lipinski definition) is 1. The molecule has 1 aliphatic heterocycles. The quantitative estimate of drug-likeness (QED) is 0.729. The van der Waals surface area contributed by atoms with Crippen LogP contribution in [0.2, 0.25) is 0 Å². The molecule has 1 N–H and O–H groups in total. The highest BCUT2D eigenvalue weighted by Gasteiger charge is 2.33. The molecule has 0 spiro atoms. The number of nitrogens with one attached hydrogen (secondary N) is 1. The van der Waals surface area contributed by atoms with Gasteiger partial charge in [-0.15, -0.1) is 11.3 Å². The number of carbonyl (C=O) groups is 1. The Labute approximate surface area is 148 Å². The van der Waals surface area contributed by atoms with Crippen LogP contribution in [0.3, 0.4) is 0 Å². The maximum atomic E-state index is 11.9. The van der Waals surface area contributed by atoms with Crippen molar-refractivity contribution in [1.82, 2.24) is 20.0 Å². The Kier molecular flexibility index (Phi) is 4.53. The average Bonchev–Trinajstić information content (AvgIpc) is 3.23. The third-order valence-corrected chi connectivity index (χ3v) is 4.73. The first-order chi connectivity index (χ1) is 12.3. The predicted octanol–water partition coefficient (Wildman–Crippen LogP) is 2.15. The number of rotatable bonds is 6. The van der Waals surface area contributed by atoms with E-state index in [9.17, 15) is 4.79 Å². The van der Waals surface area contributed by atoms with E-state index in [-0.39, 0.29) is 11.8 Å². The van der Waals surface area contributed by atoms with Gasteiger partial charge in [0.15, 0.2) is 11.0 Å². The van der Waals surface area contributed by atoms with Gasteiger partial charge >= 0.3 is 0 Å². The summed E-state index contributed by atoms with van der Waals surface area (Å²) >= 11 is 1.41. The van der Waals surface area contributed by atoms with Crippen LogP contribution in [0.15, 0.2) is 46.4 Å². The zero-order chi connectivity index (χ0) is 17.1. The SMILES string of the molecule is O=C(CN1CC(c2nc(Cc3ccccc3)no2)C1)Nc1nccs1. The summed E-state index contributed by atoms with van der Waals surface area (Å²) in [5.74, 6) is 1.50. The summed E-state index contributed by atoms with van der Waals surface area (Å²) in [7, 11) is 0. The summed E-state index contributed by atoms with van der Waals surface area (Å²) in [6.45, 7) is 1.84. The van der Waals surface area contributed by atoms with E-state index < -0.39 is 0 Å². The van der Waals surface area contributed by atoms with E-state index >= 15 is 0 Å². The molecule has 1 aliphatic rings. The summed E-state index contributed by atoms with van der Waals surface area (Å²) in [5.41, 5.74) is 1.16. The van der Waals surface area contributed by atoms with E-state index in [2.05, 4.69) is 25.3 Å². The van der Waals surface area contributed by atoms with E-state index in [1.807, 2.05) is 35.7 Å². The number of anilines is 1. The fourth-order valence-corrected chi connectivity index (χ4v) is 3.33.